The van der Waals surface area contributed by atoms with Crippen molar-refractivity contribution >= 4 is 5.96 Å². The fourth-order valence-electron chi connectivity index (χ4n) is 2.07. The Hall–Kier alpha value is -0.810. The van der Waals surface area contributed by atoms with Crippen molar-refractivity contribution in [2.45, 2.75) is 47.5 Å². The Morgan fingerprint density at radius 1 is 1.09 bits per heavy atom. The third-order valence-electron chi connectivity index (χ3n) is 3.35. The van der Waals surface area contributed by atoms with E-state index in [-0.39, 0.29) is 0 Å². The molecule has 0 aromatic rings. The Bertz CT molecular complexity index is 265. The number of nitrogens with one attached hydrogen (secondary N) is 2. The minimum atomic E-state index is 0.605. The summed E-state index contributed by atoms with van der Waals surface area (Å²) in [6, 6.07) is 0. The van der Waals surface area contributed by atoms with Crippen molar-refractivity contribution in [2.75, 3.05) is 52.5 Å². The lowest BCUT2D eigenvalue weighted by Crippen LogP contribution is -2.39. The van der Waals surface area contributed by atoms with E-state index in [1.54, 1.807) is 0 Å². The average Bonchev–Trinajstić information content (AvgIpc) is 2.50. The molecule has 0 aliphatic heterocycles. The smallest absolute Gasteiger partial charge is 0.191 e. The summed E-state index contributed by atoms with van der Waals surface area (Å²) in [4.78, 5) is 7.03. The van der Waals surface area contributed by atoms with Crippen LogP contribution >= 0.6 is 0 Å². The van der Waals surface area contributed by atoms with Gasteiger partial charge < -0.3 is 20.3 Å². The Morgan fingerprint density at radius 2 is 1.82 bits per heavy atom. The van der Waals surface area contributed by atoms with Gasteiger partial charge in [0.25, 0.3) is 0 Å². The van der Waals surface area contributed by atoms with Crippen molar-refractivity contribution in [3.63, 3.8) is 0 Å². The van der Waals surface area contributed by atoms with E-state index in [4.69, 9.17) is 4.74 Å². The molecule has 5 nitrogen and oxygen atoms in total. The molecule has 0 amide bonds. The topological polar surface area (TPSA) is 48.9 Å². The fraction of sp³-hybridized carbons (Fsp3) is 0.941. The van der Waals surface area contributed by atoms with Crippen LogP contribution in [-0.4, -0.2) is 63.3 Å². The summed E-state index contributed by atoms with van der Waals surface area (Å²) >= 11 is 0. The van der Waals surface area contributed by atoms with Crippen molar-refractivity contribution < 1.29 is 4.74 Å². The van der Waals surface area contributed by atoms with Crippen LogP contribution in [0.4, 0.5) is 0 Å². The molecule has 0 radical (unpaired) electrons. The van der Waals surface area contributed by atoms with Crippen LogP contribution in [0.2, 0.25) is 0 Å². The number of hydrogen-bond acceptors (Lipinski definition) is 3. The Balaban J connectivity index is 3.81. The molecule has 0 rings (SSSR count). The molecule has 0 fully saturated rings. The molecule has 0 atom stereocenters. The number of ether oxygens (including phenoxy) is 1. The zero-order valence-corrected chi connectivity index (χ0v) is 15.5. The molecular weight excluding hydrogens is 276 g/mol. The zero-order valence-electron chi connectivity index (χ0n) is 15.5. The highest BCUT2D eigenvalue weighted by atomic mass is 16.5. The highest BCUT2D eigenvalue weighted by Crippen LogP contribution is 1.94. The minimum absolute atomic E-state index is 0.605. The number of rotatable bonds is 13. The Morgan fingerprint density at radius 3 is 2.41 bits per heavy atom. The van der Waals surface area contributed by atoms with Crippen LogP contribution in [0, 0.1) is 5.92 Å². The van der Waals surface area contributed by atoms with Crippen molar-refractivity contribution in [3.05, 3.63) is 0 Å². The van der Waals surface area contributed by atoms with Crippen LogP contribution in [0.3, 0.4) is 0 Å². The summed E-state index contributed by atoms with van der Waals surface area (Å²) in [5.74, 6) is 1.53. The standard InChI is InChI=1S/C17H38N4O/c1-6-18-17(19-11-9-13-21(7-2)8-3)20-12-10-14-22-15-16(4)5/h16H,6-15H2,1-5H3,(H2,18,19,20). The van der Waals surface area contributed by atoms with Crippen LogP contribution in [0.25, 0.3) is 0 Å². The van der Waals surface area contributed by atoms with Gasteiger partial charge in [0.05, 0.1) is 0 Å². The summed E-state index contributed by atoms with van der Waals surface area (Å²) in [5.41, 5.74) is 0. The van der Waals surface area contributed by atoms with Crippen LogP contribution < -0.4 is 10.6 Å². The summed E-state index contributed by atoms with van der Waals surface area (Å²) < 4.78 is 5.57. The molecule has 0 unspecified atom stereocenters. The second-order valence-corrected chi connectivity index (χ2v) is 5.89. The monoisotopic (exact) mass is 314 g/mol. The van der Waals surface area contributed by atoms with Crippen molar-refractivity contribution in [1.82, 2.24) is 15.5 Å². The third-order valence-corrected chi connectivity index (χ3v) is 3.35. The van der Waals surface area contributed by atoms with E-state index in [2.05, 4.69) is 55.1 Å². The minimum Gasteiger partial charge on any atom is -0.381 e. The molecule has 0 saturated carbocycles. The van der Waals surface area contributed by atoms with Crippen molar-refractivity contribution in [3.8, 4) is 0 Å². The lowest BCUT2D eigenvalue weighted by molar-refractivity contribution is 0.109. The van der Waals surface area contributed by atoms with Crippen molar-refractivity contribution in [1.29, 1.82) is 0 Å². The molecule has 0 spiro atoms. The first kappa shape index (κ1) is 21.2. The highest BCUT2D eigenvalue weighted by Gasteiger charge is 2.00. The fourth-order valence-corrected chi connectivity index (χ4v) is 2.07. The molecule has 0 aromatic heterocycles. The first-order valence-electron chi connectivity index (χ1n) is 8.96. The second-order valence-electron chi connectivity index (χ2n) is 5.89. The van der Waals surface area contributed by atoms with Gasteiger partial charge >= 0.3 is 0 Å². The number of aliphatic imine (C=N–C) groups is 1. The SMILES string of the molecule is CCNC(=NCCCOCC(C)C)NCCCN(CC)CC. The van der Waals surface area contributed by atoms with Gasteiger partial charge in [0.1, 0.15) is 0 Å². The second kappa shape index (κ2) is 15.1. The quantitative estimate of drug-likeness (QED) is 0.311. The zero-order chi connectivity index (χ0) is 16.6. The molecular formula is C17H38N4O. The molecule has 0 aliphatic carbocycles. The maximum atomic E-state index is 5.57. The van der Waals surface area contributed by atoms with Gasteiger partial charge in [-0.15, -0.1) is 0 Å². The first-order valence-corrected chi connectivity index (χ1v) is 8.96. The van der Waals surface area contributed by atoms with Gasteiger partial charge in [0.15, 0.2) is 5.96 Å². The number of nitrogens with zero attached hydrogens (tertiary/aromatic N) is 2. The van der Waals surface area contributed by atoms with Crippen LogP contribution in [0.1, 0.15) is 47.5 Å². The van der Waals surface area contributed by atoms with E-state index in [1.165, 1.54) is 0 Å². The molecule has 2 N–H and O–H groups in total. The molecule has 5 heteroatoms. The summed E-state index contributed by atoms with van der Waals surface area (Å²) in [7, 11) is 0. The first-order chi connectivity index (χ1) is 10.6. The summed E-state index contributed by atoms with van der Waals surface area (Å²) in [6.07, 6.45) is 2.12. The maximum Gasteiger partial charge on any atom is 0.191 e. The van der Waals surface area contributed by atoms with Gasteiger partial charge in [-0.1, -0.05) is 27.7 Å². The molecule has 0 saturated heterocycles. The predicted octanol–water partition coefficient (Wildman–Crippen LogP) is 2.34. The normalized spacial score (nSPS) is 12.2. The molecule has 0 aliphatic rings. The van der Waals surface area contributed by atoms with E-state index in [0.29, 0.717) is 5.92 Å². The van der Waals surface area contributed by atoms with Crippen LogP contribution in [-0.2, 0) is 4.74 Å². The molecule has 22 heavy (non-hydrogen) atoms. The average molecular weight is 315 g/mol. The highest BCUT2D eigenvalue weighted by molar-refractivity contribution is 5.79. The van der Waals surface area contributed by atoms with Crippen LogP contribution in [0.15, 0.2) is 4.99 Å². The van der Waals surface area contributed by atoms with Gasteiger partial charge in [-0.25, -0.2) is 0 Å². The summed E-state index contributed by atoms with van der Waals surface area (Å²) in [5, 5.41) is 6.70. The van der Waals surface area contributed by atoms with E-state index < -0.39 is 0 Å². The van der Waals surface area contributed by atoms with E-state index >= 15 is 0 Å². The van der Waals surface area contributed by atoms with E-state index in [1.807, 2.05) is 0 Å². The van der Waals surface area contributed by atoms with Gasteiger partial charge in [-0.3, -0.25) is 4.99 Å². The van der Waals surface area contributed by atoms with Crippen LogP contribution in [0.5, 0.6) is 0 Å². The molecule has 0 aromatic carbocycles. The molecule has 0 heterocycles. The number of guanidine groups is 1. The third kappa shape index (κ3) is 12.9. The number of hydrogen-bond donors (Lipinski definition) is 2. The van der Waals surface area contributed by atoms with Gasteiger partial charge in [-0.05, 0) is 45.3 Å². The lowest BCUT2D eigenvalue weighted by atomic mass is 10.2. The van der Waals surface area contributed by atoms with E-state index in [9.17, 15) is 0 Å². The van der Waals surface area contributed by atoms with Gasteiger partial charge in [0, 0.05) is 32.8 Å². The summed E-state index contributed by atoms with van der Waals surface area (Å²) in [6.45, 7) is 18.6. The molecule has 0 bridgehead atoms. The largest absolute Gasteiger partial charge is 0.381 e. The predicted molar refractivity (Wildman–Crippen MR) is 96.7 cm³/mol. The lowest BCUT2D eigenvalue weighted by Gasteiger charge is -2.18. The Kier molecular flexibility index (Phi) is 14.5. The van der Waals surface area contributed by atoms with E-state index in [0.717, 1.165) is 71.3 Å². The van der Waals surface area contributed by atoms with Gasteiger partial charge in [0.2, 0.25) is 0 Å². The molecule has 132 valence electrons. The van der Waals surface area contributed by atoms with Gasteiger partial charge in [-0.2, -0.15) is 0 Å². The maximum absolute atomic E-state index is 5.57. The Labute approximate surface area is 137 Å². The van der Waals surface area contributed by atoms with Crippen molar-refractivity contribution in [2.24, 2.45) is 10.9 Å².